The molecule has 2 rings (SSSR count). The monoisotopic (exact) mass is 261 g/mol. The first-order chi connectivity index (χ1) is 9.10. The Morgan fingerprint density at radius 1 is 1.32 bits per heavy atom. The average molecular weight is 261 g/mol. The molecule has 0 radical (unpaired) electrons. The van der Waals surface area contributed by atoms with Crippen molar-refractivity contribution in [2.75, 3.05) is 0 Å². The summed E-state index contributed by atoms with van der Waals surface area (Å²) in [7, 11) is 0. The van der Waals surface area contributed by atoms with E-state index in [1.807, 2.05) is 19.1 Å². The molecule has 1 aliphatic carbocycles. The quantitative estimate of drug-likeness (QED) is 0.838. The molecule has 4 nitrogen and oxygen atoms in total. The van der Waals surface area contributed by atoms with Gasteiger partial charge in [0, 0.05) is 19.8 Å². The standard InChI is InChI=1S/C15H19NO3/c1-3-14(16-10(2)17)15(18)19-13-8-11-6-4-5-7-12(11)9-13/h4-7,13-14H,3,8-9H2,1-2H3,(H,16,17). The minimum atomic E-state index is -0.541. The Morgan fingerprint density at radius 3 is 2.37 bits per heavy atom. The third-order valence-corrected chi connectivity index (χ3v) is 3.37. The number of fused-ring (bicyclic) bond motifs is 1. The minimum absolute atomic E-state index is 0.104. The summed E-state index contributed by atoms with van der Waals surface area (Å²) in [5.41, 5.74) is 2.49. The molecule has 1 aromatic carbocycles. The Kier molecular flexibility index (Phi) is 4.20. The van der Waals surface area contributed by atoms with Gasteiger partial charge in [-0.1, -0.05) is 31.2 Å². The first-order valence-electron chi connectivity index (χ1n) is 6.64. The van der Waals surface area contributed by atoms with Crippen LogP contribution < -0.4 is 5.32 Å². The van der Waals surface area contributed by atoms with Crippen molar-refractivity contribution in [2.45, 2.75) is 45.3 Å². The van der Waals surface area contributed by atoms with E-state index in [0.29, 0.717) is 6.42 Å². The first-order valence-corrected chi connectivity index (χ1v) is 6.64. The van der Waals surface area contributed by atoms with Crippen LogP contribution in [0.2, 0.25) is 0 Å². The number of nitrogens with one attached hydrogen (secondary N) is 1. The summed E-state index contributed by atoms with van der Waals surface area (Å²) in [6.45, 7) is 3.26. The second-order valence-corrected chi connectivity index (χ2v) is 4.90. The van der Waals surface area contributed by atoms with Gasteiger partial charge in [-0.05, 0) is 17.5 Å². The molecule has 0 saturated carbocycles. The zero-order valence-corrected chi connectivity index (χ0v) is 11.3. The number of benzene rings is 1. The number of hydrogen-bond acceptors (Lipinski definition) is 3. The molecule has 1 atom stereocenters. The summed E-state index contributed by atoms with van der Waals surface area (Å²) in [6.07, 6.45) is 1.96. The van der Waals surface area contributed by atoms with Crippen LogP contribution in [0.5, 0.6) is 0 Å². The summed E-state index contributed by atoms with van der Waals surface area (Å²) in [5.74, 6) is -0.547. The molecular weight excluding hydrogens is 242 g/mol. The predicted molar refractivity (Wildman–Crippen MR) is 71.6 cm³/mol. The van der Waals surface area contributed by atoms with E-state index in [0.717, 1.165) is 12.8 Å². The lowest BCUT2D eigenvalue weighted by Gasteiger charge is -2.18. The van der Waals surface area contributed by atoms with Crippen LogP contribution in [0, 0.1) is 0 Å². The van der Waals surface area contributed by atoms with Crippen molar-refractivity contribution in [1.82, 2.24) is 5.32 Å². The number of esters is 1. The molecule has 4 heteroatoms. The Balaban J connectivity index is 1.92. The number of carbonyl (C=O) groups excluding carboxylic acids is 2. The molecule has 1 aliphatic rings. The van der Waals surface area contributed by atoms with Crippen LogP contribution >= 0.6 is 0 Å². The fraction of sp³-hybridized carbons (Fsp3) is 0.467. The maximum atomic E-state index is 12.0. The molecule has 0 spiro atoms. The van der Waals surface area contributed by atoms with E-state index in [4.69, 9.17) is 4.74 Å². The van der Waals surface area contributed by atoms with Crippen molar-refractivity contribution >= 4 is 11.9 Å². The fourth-order valence-corrected chi connectivity index (χ4v) is 2.42. The van der Waals surface area contributed by atoms with Gasteiger partial charge in [0.05, 0.1) is 0 Å². The van der Waals surface area contributed by atoms with Gasteiger partial charge in [0.2, 0.25) is 5.91 Å². The largest absolute Gasteiger partial charge is 0.460 e. The SMILES string of the molecule is CCC(NC(C)=O)C(=O)OC1Cc2ccccc2C1. The second-order valence-electron chi connectivity index (χ2n) is 4.90. The van der Waals surface area contributed by atoms with Gasteiger partial charge >= 0.3 is 5.97 Å². The molecule has 0 aromatic heterocycles. The van der Waals surface area contributed by atoms with E-state index < -0.39 is 6.04 Å². The molecule has 0 heterocycles. The average Bonchev–Trinajstić information content (AvgIpc) is 2.77. The minimum Gasteiger partial charge on any atom is -0.460 e. The smallest absolute Gasteiger partial charge is 0.328 e. The number of ether oxygens (including phenoxy) is 1. The summed E-state index contributed by atoms with van der Waals surface area (Å²) >= 11 is 0. The Hall–Kier alpha value is -1.84. The van der Waals surface area contributed by atoms with Gasteiger partial charge in [0.1, 0.15) is 12.1 Å². The maximum Gasteiger partial charge on any atom is 0.328 e. The van der Waals surface area contributed by atoms with Gasteiger partial charge in [0.25, 0.3) is 0 Å². The van der Waals surface area contributed by atoms with Crippen molar-refractivity contribution in [3.05, 3.63) is 35.4 Å². The molecule has 1 amide bonds. The van der Waals surface area contributed by atoms with Crippen molar-refractivity contribution in [2.24, 2.45) is 0 Å². The van der Waals surface area contributed by atoms with Crippen LogP contribution in [0.25, 0.3) is 0 Å². The molecule has 0 fully saturated rings. The maximum absolute atomic E-state index is 12.0. The summed E-state index contributed by atoms with van der Waals surface area (Å²) < 4.78 is 5.49. The molecule has 102 valence electrons. The number of carbonyl (C=O) groups is 2. The number of hydrogen-bond donors (Lipinski definition) is 1. The van der Waals surface area contributed by atoms with Gasteiger partial charge < -0.3 is 10.1 Å². The van der Waals surface area contributed by atoms with E-state index in [9.17, 15) is 9.59 Å². The predicted octanol–water partition coefficient (Wildman–Crippen LogP) is 1.61. The molecule has 0 saturated heterocycles. The summed E-state index contributed by atoms with van der Waals surface area (Å²) in [6, 6.07) is 7.58. The topological polar surface area (TPSA) is 55.4 Å². The van der Waals surface area contributed by atoms with Crippen LogP contribution in [0.3, 0.4) is 0 Å². The summed E-state index contributed by atoms with van der Waals surface area (Å²) in [5, 5.41) is 2.61. The Bertz CT molecular complexity index is 459. The Labute approximate surface area is 113 Å². The zero-order chi connectivity index (χ0) is 13.8. The van der Waals surface area contributed by atoms with E-state index >= 15 is 0 Å². The van der Waals surface area contributed by atoms with Crippen molar-refractivity contribution < 1.29 is 14.3 Å². The lowest BCUT2D eigenvalue weighted by Crippen LogP contribution is -2.41. The van der Waals surface area contributed by atoms with Gasteiger partial charge in [0.15, 0.2) is 0 Å². The van der Waals surface area contributed by atoms with Gasteiger partial charge in [-0.2, -0.15) is 0 Å². The van der Waals surface area contributed by atoms with Crippen LogP contribution in [0.15, 0.2) is 24.3 Å². The highest BCUT2D eigenvalue weighted by molar-refractivity contribution is 5.83. The Morgan fingerprint density at radius 2 is 1.89 bits per heavy atom. The van der Waals surface area contributed by atoms with E-state index in [-0.39, 0.29) is 18.0 Å². The third kappa shape index (κ3) is 3.34. The highest BCUT2D eigenvalue weighted by Crippen LogP contribution is 2.24. The number of rotatable bonds is 4. The first kappa shape index (κ1) is 13.6. The van der Waals surface area contributed by atoms with Gasteiger partial charge in [-0.25, -0.2) is 4.79 Å². The molecule has 0 bridgehead atoms. The molecule has 19 heavy (non-hydrogen) atoms. The fourth-order valence-electron chi connectivity index (χ4n) is 2.42. The zero-order valence-electron chi connectivity index (χ0n) is 11.3. The van der Waals surface area contributed by atoms with Crippen LogP contribution in [-0.2, 0) is 27.2 Å². The van der Waals surface area contributed by atoms with E-state index in [2.05, 4.69) is 17.4 Å². The lowest BCUT2D eigenvalue weighted by atomic mass is 10.1. The number of amides is 1. The third-order valence-electron chi connectivity index (χ3n) is 3.37. The molecule has 0 aliphatic heterocycles. The van der Waals surface area contributed by atoms with Gasteiger partial charge in [-0.15, -0.1) is 0 Å². The van der Waals surface area contributed by atoms with Crippen LogP contribution in [-0.4, -0.2) is 24.0 Å². The molecule has 1 N–H and O–H groups in total. The molecular formula is C15H19NO3. The highest BCUT2D eigenvalue weighted by atomic mass is 16.5. The molecule has 1 aromatic rings. The van der Waals surface area contributed by atoms with Crippen molar-refractivity contribution in [1.29, 1.82) is 0 Å². The van der Waals surface area contributed by atoms with Crippen LogP contribution in [0.4, 0.5) is 0 Å². The van der Waals surface area contributed by atoms with E-state index in [1.54, 1.807) is 0 Å². The van der Waals surface area contributed by atoms with E-state index in [1.165, 1.54) is 18.1 Å². The van der Waals surface area contributed by atoms with Crippen molar-refractivity contribution in [3.8, 4) is 0 Å². The van der Waals surface area contributed by atoms with Crippen molar-refractivity contribution in [3.63, 3.8) is 0 Å². The van der Waals surface area contributed by atoms with Crippen LogP contribution in [0.1, 0.15) is 31.4 Å². The second kappa shape index (κ2) is 5.87. The highest BCUT2D eigenvalue weighted by Gasteiger charge is 2.27. The summed E-state index contributed by atoms with van der Waals surface area (Å²) in [4.78, 5) is 23.0. The lowest BCUT2D eigenvalue weighted by molar-refractivity contribution is -0.152. The molecule has 1 unspecified atom stereocenters. The normalized spacial score (nSPS) is 15.7. The van der Waals surface area contributed by atoms with Gasteiger partial charge in [-0.3, -0.25) is 4.79 Å².